The Bertz CT molecular complexity index is 3850. The zero-order valence-electron chi connectivity index (χ0n) is 40.3. The summed E-state index contributed by atoms with van der Waals surface area (Å²) in [6, 6.07) is 65.3. The molecule has 10 aromatic rings. The molecular weight excluding hydrogens is 837 g/mol. The molecule has 1 aliphatic heterocycles. The van der Waals surface area contributed by atoms with E-state index in [-0.39, 0.29) is 23.2 Å². The van der Waals surface area contributed by atoms with Gasteiger partial charge in [0.2, 0.25) is 0 Å². The zero-order valence-corrected chi connectivity index (χ0v) is 40.3. The zero-order chi connectivity index (χ0) is 46.7. The third kappa shape index (κ3) is 6.29. The third-order valence-corrected chi connectivity index (χ3v) is 16.6. The van der Waals surface area contributed by atoms with Crippen LogP contribution in [0.25, 0.3) is 77.4 Å². The third-order valence-electron chi connectivity index (χ3n) is 16.6. The topological polar surface area (TPSA) is 30.4 Å². The van der Waals surface area contributed by atoms with Gasteiger partial charge in [0.15, 0.2) is 0 Å². The highest BCUT2D eigenvalue weighted by atomic mass is 16.3. The summed E-state index contributed by atoms with van der Waals surface area (Å²) in [6.07, 6.45) is 4.53. The number of hydrogen-bond donors (Lipinski definition) is 0. The molecule has 3 aliphatic rings. The van der Waals surface area contributed by atoms with E-state index in [0.717, 1.165) is 63.0 Å². The van der Waals surface area contributed by atoms with Crippen molar-refractivity contribution < 1.29 is 4.42 Å². The molecule has 3 heteroatoms. The van der Waals surface area contributed by atoms with Crippen LogP contribution in [0.3, 0.4) is 0 Å². The number of aliphatic imine (C=N–C) groups is 1. The van der Waals surface area contributed by atoms with Gasteiger partial charge in [-0.05, 0) is 118 Å². The summed E-state index contributed by atoms with van der Waals surface area (Å²) in [7, 11) is 0. The molecule has 336 valence electrons. The first-order valence-corrected chi connectivity index (χ1v) is 25.1. The van der Waals surface area contributed by atoms with Crippen molar-refractivity contribution in [1.82, 2.24) is 4.57 Å². The van der Waals surface area contributed by atoms with Crippen molar-refractivity contribution >= 4 is 55.2 Å². The van der Waals surface area contributed by atoms with Crippen LogP contribution in [0, 0.1) is 17.8 Å². The molecule has 0 radical (unpaired) electrons. The van der Waals surface area contributed by atoms with Gasteiger partial charge in [0.05, 0.1) is 22.4 Å². The number of hydrogen-bond acceptors (Lipinski definition) is 2. The molecule has 0 fully saturated rings. The molecule has 4 unspecified atom stereocenters. The minimum absolute atomic E-state index is 0.0697. The first-order chi connectivity index (χ1) is 33.7. The van der Waals surface area contributed by atoms with Gasteiger partial charge in [-0.25, -0.2) is 0 Å². The number of rotatable bonds is 5. The maximum Gasteiger partial charge on any atom is 0.136 e. The second-order valence-corrected chi connectivity index (χ2v) is 20.5. The van der Waals surface area contributed by atoms with Gasteiger partial charge in [-0.2, -0.15) is 0 Å². The van der Waals surface area contributed by atoms with Crippen molar-refractivity contribution in [2.75, 3.05) is 0 Å². The van der Waals surface area contributed by atoms with E-state index in [4.69, 9.17) is 9.41 Å². The van der Waals surface area contributed by atoms with E-state index in [1.165, 1.54) is 77.5 Å². The van der Waals surface area contributed by atoms with E-state index in [1.54, 1.807) is 0 Å². The molecule has 0 amide bonds. The summed E-state index contributed by atoms with van der Waals surface area (Å²) < 4.78 is 9.13. The number of benzene rings is 8. The van der Waals surface area contributed by atoms with Gasteiger partial charge in [-0.15, -0.1) is 0 Å². The van der Waals surface area contributed by atoms with Crippen molar-refractivity contribution in [3.05, 3.63) is 227 Å². The highest BCUT2D eigenvalue weighted by molar-refractivity contribution is 6.14. The Hall–Kier alpha value is -7.49. The highest BCUT2D eigenvalue weighted by Gasteiger charge is 2.39. The lowest BCUT2D eigenvalue weighted by Crippen LogP contribution is -2.25. The highest BCUT2D eigenvalue weighted by Crippen LogP contribution is 2.53. The van der Waals surface area contributed by atoms with Crippen LogP contribution in [0.5, 0.6) is 0 Å². The summed E-state index contributed by atoms with van der Waals surface area (Å²) in [5.41, 5.74) is 23.4. The number of furan rings is 1. The second-order valence-electron chi connectivity index (χ2n) is 20.5. The number of fused-ring (bicyclic) bond motifs is 13. The quantitative estimate of drug-likeness (QED) is 0.158. The van der Waals surface area contributed by atoms with Crippen LogP contribution in [-0.4, -0.2) is 10.3 Å². The maximum absolute atomic E-state index is 6.58. The molecule has 0 N–H and O–H groups in total. The summed E-state index contributed by atoms with van der Waals surface area (Å²) in [6.45, 7) is 14.4. The molecule has 0 saturated carbocycles. The Morgan fingerprint density at radius 1 is 0.623 bits per heavy atom. The molecule has 0 spiro atoms. The van der Waals surface area contributed by atoms with Gasteiger partial charge < -0.3 is 8.98 Å². The van der Waals surface area contributed by atoms with Gasteiger partial charge in [0, 0.05) is 55.6 Å². The van der Waals surface area contributed by atoms with Gasteiger partial charge in [0.1, 0.15) is 11.2 Å². The fraction of sp³-hybridized carbons (Fsp3) is 0.197. The normalized spacial score (nSPS) is 22.2. The molecule has 69 heavy (non-hydrogen) atoms. The van der Waals surface area contributed by atoms with Crippen molar-refractivity contribution in [2.45, 2.75) is 65.7 Å². The van der Waals surface area contributed by atoms with Crippen LogP contribution in [0.15, 0.2) is 203 Å². The lowest BCUT2D eigenvalue weighted by atomic mass is 9.71. The van der Waals surface area contributed by atoms with E-state index < -0.39 is 0 Å². The summed E-state index contributed by atoms with van der Waals surface area (Å²) in [5.74, 6) is 0.797. The summed E-state index contributed by atoms with van der Waals surface area (Å²) in [5, 5.41) is 4.82. The van der Waals surface area contributed by atoms with Crippen molar-refractivity contribution in [1.29, 1.82) is 0 Å². The lowest BCUT2D eigenvalue weighted by Gasteiger charge is -2.34. The fourth-order valence-corrected chi connectivity index (χ4v) is 12.9. The largest absolute Gasteiger partial charge is 0.456 e. The van der Waals surface area contributed by atoms with E-state index in [2.05, 4.69) is 228 Å². The van der Waals surface area contributed by atoms with Gasteiger partial charge in [-0.1, -0.05) is 186 Å². The van der Waals surface area contributed by atoms with Crippen molar-refractivity contribution in [2.24, 2.45) is 22.7 Å². The molecule has 2 aliphatic carbocycles. The van der Waals surface area contributed by atoms with E-state index >= 15 is 0 Å². The molecule has 8 aromatic carbocycles. The van der Waals surface area contributed by atoms with Gasteiger partial charge >= 0.3 is 0 Å². The minimum atomic E-state index is -0.183. The molecule has 13 rings (SSSR count). The number of allylic oxidation sites excluding steroid dienone is 3. The van der Waals surface area contributed by atoms with Crippen molar-refractivity contribution in [3.8, 4) is 27.9 Å². The molecule has 4 atom stereocenters. The number of para-hydroxylation sites is 2. The fourth-order valence-electron chi connectivity index (χ4n) is 12.9. The summed E-state index contributed by atoms with van der Waals surface area (Å²) in [4.78, 5) is 5.97. The first-order valence-electron chi connectivity index (χ1n) is 25.1. The van der Waals surface area contributed by atoms with E-state index in [9.17, 15) is 0 Å². The average molecular weight is 893 g/mol. The Morgan fingerprint density at radius 2 is 1.33 bits per heavy atom. The number of nitrogens with zero attached hydrogens (tertiary/aromatic N) is 2. The predicted octanol–water partition coefficient (Wildman–Crippen LogP) is 17.5. The monoisotopic (exact) mass is 892 g/mol. The van der Waals surface area contributed by atoms with Gasteiger partial charge in [-0.3, -0.25) is 4.99 Å². The van der Waals surface area contributed by atoms with E-state index in [1.807, 2.05) is 0 Å². The molecule has 0 saturated heterocycles. The second kappa shape index (κ2) is 15.8. The predicted molar refractivity (Wildman–Crippen MR) is 290 cm³/mol. The van der Waals surface area contributed by atoms with Crippen LogP contribution >= 0.6 is 0 Å². The molecule has 3 heterocycles. The SMILES string of the molecule is CCC1/C=C(/C2Cc3ccccc3-c3ccccc3C2C)C(C)/C(C)=C(c2cccc(-n3c4ccccc4c4ccc5c(c43)C(C)(C)c3ccccc3-5)c2)\N=C/1c1ccc2c(c1)oc1ccccc12. The summed E-state index contributed by atoms with van der Waals surface area (Å²) >= 11 is 0. The Labute approximate surface area is 405 Å². The van der Waals surface area contributed by atoms with E-state index in [0.29, 0.717) is 5.92 Å². The van der Waals surface area contributed by atoms with Crippen molar-refractivity contribution in [3.63, 3.8) is 0 Å². The standard InChI is InChI=1S/C66H56N2O/c1-7-42-36-56(57-37-43-19-8-9-23-48(43)49-24-11-10-22-47(49)41(57)4)39(2)40(3)63(67-64(42)45-31-32-53-52-27-14-17-30-60(52)69-61(53)38-45)44-20-18-21-46(35-44)68-59-29-16-13-26-51(59)55-34-33-54-50-25-12-15-28-58(50)66(5,6)62(54)65(55)68/h8-36,38-39,41-42,57H,7,37H2,1-6H3/b56-36+,63-40-,67-64+. The molecule has 3 nitrogen and oxygen atoms in total. The Balaban J connectivity index is 1.04. The Kier molecular flexibility index (Phi) is 9.54. The van der Waals surface area contributed by atoms with Crippen LogP contribution in [0.1, 0.15) is 87.3 Å². The maximum atomic E-state index is 6.58. The number of aromatic nitrogens is 1. The smallest absolute Gasteiger partial charge is 0.136 e. The minimum Gasteiger partial charge on any atom is -0.456 e. The van der Waals surface area contributed by atoms with Crippen LogP contribution in [0.2, 0.25) is 0 Å². The van der Waals surface area contributed by atoms with Crippen LogP contribution in [-0.2, 0) is 11.8 Å². The molecule has 2 aromatic heterocycles. The van der Waals surface area contributed by atoms with Gasteiger partial charge in [0.25, 0.3) is 0 Å². The average Bonchev–Trinajstić information content (AvgIpc) is 3.97. The lowest BCUT2D eigenvalue weighted by molar-refractivity contribution is 0.472. The van der Waals surface area contributed by atoms with Crippen LogP contribution < -0.4 is 0 Å². The molecular formula is C66H56N2O. The first kappa shape index (κ1) is 41.7. The Morgan fingerprint density at radius 3 is 2.19 bits per heavy atom. The van der Waals surface area contributed by atoms with Crippen LogP contribution in [0.4, 0.5) is 0 Å². The molecule has 0 bridgehead atoms.